The van der Waals surface area contributed by atoms with Crippen molar-refractivity contribution in [3.63, 3.8) is 0 Å². The standard InChI is InChI=1S/C61H107NO10/c1-4-7-10-13-16-19-22-24-26-27-28-29-30-33-36-39-42-45-48-54(65)60(69)62-52(53(64)47-44-41-38-35-32-21-18-15-12-9-6-3)51-70-61-59(58(68)57(67)55(50-63)71-61)72-56(66)49-46-43-40-37-34-31-25-23-20-17-14-11-8-5-2/h16,19,24,26,28-29,31,33-34,36,44,47,52-55,57-59,61,63-65,67-68H,4-15,17-18,20-23,25,27,30,32,35,37-43,45-46,48-51H2,1-3H3,(H,62,69)/b19-16-,26-24-,29-28-,34-31-,36-33-,47-44+. The second kappa shape index (κ2) is 49.0. The molecule has 0 aromatic rings. The quantitative estimate of drug-likeness (QED) is 0.0195. The number of ether oxygens (including phenoxy) is 3. The van der Waals surface area contributed by atoms with E-state index in [9.17, 15) is 35.1 Å². The molecule has 8 unspecified atom stereocenters. The van der Waals surface area contributed by atoms with Gasteiger partial charge in [0.2, 0.25) is 5.91 Å². The largest absolute Gasteiger partial charge is 0.454 e. The second-order valence-corrected chi connectivity index (χ2v) is 20.0. The number of amides is 1. The summed E-state index contributed by atoms with van der Waals surface area (Å²) >= 11 is 0. The minimum atomic E-state index is -1.63. The highest BCUT2D eigenvalue weighted by Gasteiger charge is 2.47. The molecule has 0 spiro atoms. The third kappa shape index (κ3) is 36.9. The van der Waals surface area contributed by atoms with Crippen molar-refractivity contribution >= 4 is 11.9 Å². The van der Waals surface area contributed by atoms with Crippen LogP contribution in [0.3, 0.4) is 0 Å². The highest BCUT2D eigenvalue weighted by atomic mass is 16.7. The highest BCUT2D eigenvalue weighted by Crippen LogP contribution is 2.26. The van der Waals surface area contributed by atoms with Gasteiger partial charge < -0.3 is 45.1 Å². The lowest BCUT2D eigenvalue weighted by Crippen LogP contribution is -2.61. The van der Waals surface area contributed by atoms with Crippen LogP contribution in [0.1, 0.15) is 239 Å². The molecule has 1 amide bonds. The third-order valence-electron chi connectivity index (χ3n) is 13.3. The van der Waals surface area contributed by atoms with Crippen molar-refractivity contribution in [2.75, 3.05) is 13.2 Å². The van der Waals surface area contributed by atoms with Gasteiger partial charge >= 0.3 is 5.97 Å². The molecule has 8 atom stereocenters. The number of hydrogen-bond acceptors (Lipinski definition) is 10. The molecule has 1 heterocycles. The topological polar surface area (TPSA) is 175 Å². The van der Waals surface area contributed by atoms with Crippen LogP contribution in [0.15, 0.2) is 72.9 Å². The Morgan fingerprint density at radius 3 is 1.47 bits per heavy atom. The number of unbranched alkanes of at least 4 members (excludes halogenated alkanes) is 24. The van der Waals surface area contributed by atoms with Gasteiger partial charge in [0.1, 0.15) is 24.4 Å². The monoisotopic (exact) mass is 1010 g/mol. The van der Waals surface area contributed by atoms with Crippen molar-refractivity contribution in [1.82, 2.24) is 5.32 Å². The molecule has 0 saturated carbocycles. The minimum absolute atomic E-state index is 0.0970. The molecule has 72 heavy (non-hydrogen) atoms. The number of nitrogens with one attached hydrogen (secondary N) is 1. The molecule has 0 aromatic carbocycles. The molecule has 11 nitrogen and oxygen atoms in total. The zero-order valence-corrected chi connectivity index (χ0v) is 45.8. The molecular formula is C61H107NO10. The summed E-state index contributed by atoms with van der Waals surface area (Å²) in [4.78, 5) is 26.4. The van der Waals surface area contributed by atoms with E-state index in [1.165, 1.54) is 103 Å². The normalized spacial score (nSPS) is 20.0. The van der Waals surface area contributed by atoms with Crippen LogP contribution < -0.4 is 5.32 Å². The first-order valence-corrected chi connectivity index (χ1v) is 29.2. The summed E-state index contributed by atoms with van der Waals surface area (Å²) in [6, 6.07) is -1.05. The molecular weight excluding hydrogens is 907 g/mol. The molecule has 0 aromatic heterocycles. The van der Waals surface area contributed by atoms with E-state index >= 15 is 0 Å². The maximum atomic E-state index is 13.4. The summed E-state index contributed by atoms with van der Waals surface area (Å²) in [5.41, 5.74) is 0. The Morgan fingerprint density at radius 1 is 0.542 bits per heavy atom. The molecule has 1 saturated heterocycles. The first-order valence-electron chi connectivity index (χ1n) is 29.2. The van der Waals surface area contributed by atoms with Crippen LogP contribution in [-0.2, 0) is 23.8 Å². The average molecular weight is 1010 g/mol. The van der Waals surface area contributed by atoms with E-state index in [1.807, 2.05) is 6.08 Å². The van der Waals surface area contributed by atoms with E-state index in [1.54, 1.807) is 6.08 Å². The van der Waals surface area contributed by atoms with Gasteiger partial charge in [-0.15, -0.1) is 0 Å². The van der Waals surface area contributed by atoms with Crippen molar-refractivity contribution < 1.29 is 49.3 Å². The Balaban J connectivity index is 2.75. The Morgan fingerprint density at radius 2 is 0.958 bits per heavy atom. The first kappa shape index (κ1) is 67.1. The predicted octanol–water partition coefficient (Wildman–Crippen LogP) is 13.2. The number of allylic oxidation sites excluding steroid dienone is 11. The fraction of sp³-hybridized carbons (Fsp3) is 0.770. The highest BCUT2D eigenvalue weighted by molar-refractivity contribution is 5.80. The smallest absolute Gasteiger partial charge is 0.306 e. The summed E-state index contributed by atoms with van der Waals surface area (Å²) in [5.74, 6) is -1.25. The van der Waals surface area contributed by atoms with Crippen LogP contribution in [0.2, 0.25) is 0 Å². The number of carbonyl (C=O) groups excluding carboxylic acids is 2. The molecule has 0 bridgehead atoms. The van der Waals surface area contributed by atoms with Gasteiger partial charge in [0, 0.05) is 6.42 Å². The van der Waals surface area contributed by atoms with Crippen molar-refractivity contribution in [2.24, 2.45) is 0 Å². The Labute approximate surface area is 439 Å². The number of rotatable bonds is 48. The van der Waals surface area contributed by atoms with Gasteiger partial charge in [-0.25, -0.2) is 0 Å². The minimum Gasteiger partial charge on any atom is -0.454 e. The first-order chi connectivity index (χ1) is 35.2. The van der Waals surface area contributed by atoms with Crippen LogP contribution in [0.5, 0.6) is 0 Å². The zero-order chi connectivity index (χ0) is 52.5. The lowest BCUT2D eigenvalue weighted by atomic mass is 9.99. The van der Waals surface area contributed by atoms with Gasteiger partial charge in [0.05, 0.1) is 25.4 Å². The second-order valence-electron chi connectivity index (χ2n) is 20.0. The van der Waals surface area contributed by atoms with Gasteiger partial charge in [0.15, 0.2) is 12.4 Å². The molecule has 0 radical (unpaired) electrons. The molecule has 1 aliphatic heterocycles. The van der Waals surface area contributed by atoms with E-state index in [0.717, 1.165) is 89.9 Å². The fourth-order valence-corrected chi connectivity index (χ4v) is 8.63. The Bertz CT molecular complexity index is 1440. The van der Waals surface area contributed by atoms with Crippen LogP contribution >= 0.6 is 0 Å². The molecule has 416 valence electrons. The molecule has 0 aliphatic carbocycles. The van der Waals surface area contributed by atoms with Crippen molar-refractivity contribution in [3.8, 4) is 0 Å². The van der Waals surface area contributed by atoms with Crippen LogP contribution in [0.4, 0.5) is 0 Å². The summed E-state index contributed by atoms with van der Waals surface area (Å²) in [5, 5.41) is 56.7. The summed E-state index contributed by atoms with van der Waals surface area (Å²) in [6.07, 6.45) is 50.9. The summed E-state index contributed by atoms with van der Waals surface area (Å²) in [6.45, 7) is 5.70. The molecule has 6 N–H and O–H groups in total. The van der Waals surface area contributed by atoms with E-state index in [-0.39, 0.29) is 19.4 Å². The van der Waals surface area contributed by atoms with E-state index in [2.05, 4.69) is 86.8 Å². The summed E-state index contributed by atoms with van der Waals surface area (Å²) < 4.78 is 17.5. The van der Waals surface area contributed by atoms with Crippen LogP contribution in [0, 0.1) is 0 Å². The number of esters is 1. The van der Waals surface area contributed by atoms with E-state index < -0.39 is 67.4 Å². The number of aliphatic hydroxyl groups is 5. The van der Waals surface area contributed by atoms with Gasteiger partial charge in [-0.05, 0) is 96.3 Å². The van der Waals surface area contributed by atoms with Gasteiger partial charge in [-0.3, -0.25) is 9.59 Å². The molecule has 1 fully saturated rings. The average Bonchev–Trinajstić information content (AvgIpc) is 3.38. The van der Waals surface area contributed by atoms with Crippen molar-refractivity contribution in [2.45, 2.75) is 288 Å². The fourth-order valence-electron chi connectivity index (χ4n) is 8.63. The van der Waals surface area contributed by atoms with Gasteiger partial charge in [-0.2, -0.15) is 0 Å². The Kier molecular flexibility index (Phi) is 45.7. The SMILES string of the molecule is CCCCC/C=C\C/C=C\C/C=C\C/C=C\CCCCC(O)C(=O)NC(COC1OC(CO)C(O)C(O)C1OC(=O)CCCCC/C=C\CCCCCCCCC)C(O)/C=C/CCCCCCCCCCC. The molecule has 1 rings (SSSR count). The lowest BCUT2D eigenvalue weighted by Gasteiger charge is -2.41. The zero-order valence-electron chi connectivity index (χ0n) is 45.8. The van der Waals surface area contributed by atoms with Crippen molar-refractivity contribution in [1.29, 1.82) is 0 Å². The summed E-state index contributed by atoms with van der Waals surface area (Å²) in [7, 11) is 0. The lowest BCUT2D eigenvalue weighted by molar-refractivity contribution is -0.305. The third-order valence-corrected chi connectivity index (χ3v) is 13.3. The molecule has 11 heteroatoms. The number of carbonyl (C=O) groups is 2. The molecule has 1 aliphatic rings. The van der Waals surface area contributed by atoms with Crippen LogP contribution in [-0.4, -0.2) is 99.6 Å². The maximum Gasteiger partial charge on any atom is 0.306 e. The Hall–Kier alpha value is -2.90. The predicted molar refractivity (Wildman–Crippen MR) is 296 cm³/mol. The van der Waals surface area contributed by atoms with Crippen LogP contribution in [0.25, 0.3) is 0 Å². The van der Waals surface area contributed by atoms with E-state index in [4.69, 9.17) is 14.2 Å². The maximum absolute atomic E-state index is 13.4. The van der Waals surface area contributed by atoms with Gasteiger partial charge in [0.25, 0.3) is 0 Å². The van der Waals surface area contributed by atoms with Crippen molar-refractivity contribution in [3.05, 3.63) is 72.9 Å². The number of aliphatic hydroxyl groups excluding tert-OH is 5. The van der Waals surface area contributed by atoms with E-state index in [0.29, 0.717) is 12.8 Å². The van der Waals surface area contributed by atoms with Gasteiger partial charge in [-0.1, -0.05) is 209 Å². The number of hydrogen-bond donors (Lipinski definition) is 6.